The van der Waals surface area contributed by atoms with Gasteiger partial charge < -0.3 is 4.90 Å². The van der Waals surface area contributed by atoms with Gasteiger partial charge in [0.25, 0.3) is 0 Å². The predicted octanol–water partition coefficient (Wildman–Crippen LogP) is 0.878. The van der Waals surface area contributed by atoms with Crippen LogP contribution in [0.3, 0.4) is 0 Å². The van der Waals surface area contributed by atoms with Gasteiger partial charge in [0.2, 0.25) is 0 Å². The lowest BCUT2D eigenvalue weighted by atomic mass is 9.85. The largest absolute Gasteiger partial charge is 0.302 e. The van der Waals surface area contributed by atoms with E-state index in [-0.39, 0.29) is 0 Å². The van der Waals surface area contributed by atoms with Crippen molar-refractivity contribution in [3.05, 3.63) is 12.2 Å². The van der Waals surface area contributed by atoms with Gasteiger partial charge in [0.1, 0.15) is 0 Å². The quantitative estimate of drug-likeness (QED) is 0.417. The first kappa shape index (κ1) is 4.57. The second-order valence-electron chi connectivity index (χ2n) is 2.86. The van der Waals surface area contributed by atoms with E-state index in [0.29, 0.717) is 0 Å². The van der Waals surface area contributed by atoms with Crippen LogP contribution in [0.1, 0.15) is 6.42 Å². The molecule has 3 heterocycles. The Bertz CT molecular complexity index is 120. The van der Waals surface area contributed by atoms with Crippen LogP contribution in [-0.4, -0.2) is 24.5 Å². The molecule has 8 heavy (non-hydrogen) atoms. The van der Waals surface area contributed by atoms with Crippen molar-refractivity contribution in [2.45, 2.75) is 6.42 Å². The molecule has 2 bridgehead atoms. The summed E-state index contributed by atoms with van der Waals surface area (Å²) < 4.78 is 0. The van der Waals surface area contributed by atoms with Crippen molar-refractivity contribution in [1.29, 1.82) is 0 Å². The Morgan fingerprint density at radius 1 is 1.50 bits per heavy atom. The molecule has 3 saturated heterocycles. The van der Waals surface area contributed by atoms with Gasteiger partial charge in [-0.2, -0.15) is 0 Å². The number of nitrogens with zero attached hydrogens (tertiary/aromatic N) is 1. The molecule has 0 aromatic carbocycles. The molecule has 3 aliphatic rings. The minimum absolute atomic E-state index is 0.878. The Kier molecular flexibility index (Phi) is 0.770. The fourth-order valence-corrected chi connectivity index (χ4v) is 1.52. The summed E-state index contributed by atoms with van der Waals surface area (Å²) in [7, 11) is 0. The van der Waals surface area contributed by atoms with E-state index in [1.807, 2.05) is 0 Å². The minimum atomic E-state index is 0.878. The van der Waals surface area contributed by atoms with Gasteiger partial charge in [0, 0.05) is 25.6 Å². The molecule has 44 valence electrons. The van der Waals surface area contributed by atoms with Gasteiger partial charge in [-0.3, -0.25) is 0 Å². The van der Waals surface area contributed by atoms with Crippen molar-refractivity contribution in [2.24, 2.45) is 5.92 Å². The fraction of sp³-hybridized carbons (Fsp3) is 0.714. The third-order valence-corrected chi connectivity index (χ3v) is 2.28. The highest BCUT2D eigenvalue weighted by molar-refractivity contribution is 5.12. The molecule has 0 unspecified atom stereocenters. The van der Waals surface area contributed by atoms with E-state index < -0.39 is 0 Å². The molecule has 0 aromatic rings. The molecule has 0 aliphatic carbocycles. The van der Waals surface area contributed by atoms with Crippen molar-refractivity contribution in [3.63, 3.8) is 0 Å². The first-order valence-electron chi connectivity index (χ1n) is 3.26. The summed E-state index contributed by atoms with van der Waals surface area (Å²) in [5.41, 5.74) is 1.49. The van der Waals surface area contributed by atoms with Crippen LogP contribution >= 0.6 is 0 Å². The molecule has 0 atom stereocenters. The summed E-state index contributed by atoms with van der Waals surface area (Å²) in [5.74, 6) is 0.878. The van der Waals surface area contributed by atoms with Crippen molar-refractivity contribution < 1.29 is 0 Å². The van der Waals surface area contributed by atoms with Gasteiger partial charge >= 0.3 is 0 Å². The number of piperidine rings is 2. The minimum Gasteiger partial charge on any atom is -0.302 e. The van der Waals surface area contributed by atoms with E-state index >= 15 is 0 Å². The highest BCUT2D eigenvalue weighted by Gasteiger charge is 2.32. The summed E-state index contributed by atoms with van der Waals surface area (Å²) in [6, 6.07) is 0. The zero-order valence-electron chi connectivity index (χ0n) is 5.06. The van der Waals surface area contributed by atoms with Crippen molar-refractivity contribution in [3.8, 4) is 0 Å². The maximum atomic E-state index is 4.01. The van der Waals surface area contributed by atoms with Gasteiger partial charge in [0.15, 0.2) is 0 Å². The Morgan fingerprint density at radius 2 is 2.25 bits per heavy atom. The fourth-order valence-electron chi connectivity index (χ4n) is 1.52. The molecule has 1 nitrogen and oxygen atoms in total. The van der Waals surface area contributed by atoms with E-state index in [1.54, 1.807) is 0 Å². The third-order valence-electron chi connectivity index (χ3n) is 2.28. The number of rotatable bonds is 0. The molecule has 1 heteroatoms. The summed E-state index contributed by atoms with van der Waals surface area (Å²) >= 11 is 0. The van der Waals surface area contributed by atoms with E-state index in [4.69, 9.17) is 0 Å². The molecule has 3 rings (SSSR count). The number of hydrogen-bond acceptors (Lipinski definition) is 1. The number of fused-ring (bicyclic) bond motifs is 2. The van der Waals surface area contributed by atoms with E-state index in [2.05, 4.69) is 11.5 Å². The van der Waals surface area contributed by atoms with Crippen LogP contribution in [0.5, 0.6) is 0 Å². The molecule has 0 N–H and O–H groups in total. The Hall–Kier alpha value is -0.300. The van der Waals surface area contributed by atoms with Crippen LogP contribution in [0, 0.1) is 5.92 Å². The molecular formula is C7H11N. The highest BCUT2D eigenvalue weighted by atomic mass is 15.2. The summed E-state index contributed by atoms with van der Waals surface area (Å²) in [5, 5.41) is 0. The first-order valence-corrected chi connectivity index (χ1v) is 3.26. The van der Waals surface area contributed by atoms with Gasteiger partial charge in [-0.15, -0.1) is 0 Å². The SMILES string of the molecule is C=C1CCN2CC1C2. The molecule has 0 radical (unpaired) electrons. The van der Waals surface area contributed by atoms with Crippen molar-refractivity contribution >= 4 is 0 Å². The van der Waals surface area contributed by atoms with Crippen molar-refractivity contribution in [1.82, 2.24) is 4.90 Å². The third kappa shape index (κ3) is 0.451. The maximum absolute atomic E-state index is 4.01. The van der Waals surface area contributed by atoms with Crippen molar-refractivity contribution in [2.75, 3.05) is 19.6 Å². The predicted molar refractivity (Wildman–Crippen MR) is 33.7 cm³/mol. The normalized spacial score (nSPS) is 43.8. The second kappa shape index (κ2) is 1.35. The Labute approximate surface area is 50.0 Å². The summed E-state index contributed by atoms with van der Waals surface area (Å²) in [6.45, 7) is 7.89. The first-order chi connectivity index (χ1) is 3.86. The second-order valence-corrected chi connectivity index (χ2v) is 2.86. The lowest BCUT2D eigenvalue weighted by Crippen LogP contribution is -2.51. The highest BCUT2D eigenvalue weighted by Crippen LogP contribution is 2.30. The summed E-state index contributed by atoms with van der Waals surface area (Å²) in [6.07, 6.45) is 1.25. The van der Waals surface area contributed by atoms with Crippen LogP contribution in [0.25, 0.3) is 0 Å². The Balaban J connectivity index is 2.10. The van der Waals surface area contributed by atoms with Gasteiger partial charge in [-0.1, -0.05) is 12.2 Å². The summed E-state index contributed by atoms with van der Waals surface area (Å²) in [4.78, 5) is 2.49. The molecule has 0 aromatic heterocycles. The molecule has 3 aliphatic heterocycles. The Morgan fingerprint density at radius 3 is 2.50 bits per heavy atom. The maximum Gasteiger partial charge on any atom is 0.00596 e. The molecule has 0 amide bonds. The lowest BCUT2D eigenvalue weighted by molar-refractivity contribution is 0.0911. The van der Waals surface area contributed by atoms with Crippen LogP contribution in [-0.2, 0) is 0 Å². The van der Waals surface area contributed by atoms with E-state index in [1.165, 1.54) is 31.6 Å². The molecule has 3 fully saturated rings. The van der Waals surface area contributed by atoms with Gasteiger partial charge in [0.05, 0.1) is 0 Å². The zero-order chi connectivity index (χ0) is 5.56. The molecule has 0 spiro atoms. The van der Waals surface area contributed by atoms with Crippen LogP contribution in [0.4, 0.5) is 0 Å². The standard InChI is InChI=1S/C7H11N/c1-6-2-3-8-4-7(6)5-8/h7H,1-5H2. The molecular weight excluding hydrogens is 98.1 g/mol. The zero-order valence-corrected chi connectivity index (χ0v) is 5.06. The average Bonchev–Trinajstić information content (AvgIpc) is 1.62. The topological polar surface area (TPSA) is 3.24 Å². The average molecular weight is 109 g/mol. The smallest absolute Gasteiger partial charge is 0.00596 e. The van der Waals surface area contributed by atoms with Gasteiger partial charge in [-0.05, 0) is 6.42 Å². The molecule has 0 saturated carbocycles. The van der Waals surface area contributed by atoms with E-state index in [9.17, 15) is 0 Å². The monoisotopic (exact) mass is 109 g/mol. The van der Waals surface area contributed by atoms with Gasteiger partial charge in [-0.25, -0.2) is 0 Å². The van der Waals surface area contributed by atoms with Crippen LogP contribution in [0.2, 0.25) is 0 Å². The van der Waals surface area contributed by atoms with Crippen LogP contribution < -0.4 is 0 Å². The lowest BCUT2D eigenvalue weighted by Gasteiger charge is -2.45. The van der Waals surface area contributed by atoms with E-state index in [0.717, 1.165) is 5.92 Å². The van der Waals surface area contributed by atoms with Crippen LogP contribution in [0.15, 0.2) is 12.2 Å². The number of hydrogen-bond donors (Lipinski definition) is 0.